The standard InChI is InChI=1S/C12H17F2IN2O/c13-12(14)4-9(5-12)11(18)17-6-8-1-2-16(15)7-10(17)3-8/h8-10H,1-7H2. The third-order valence-electron chi connectivity index (χ3n) is 4.41. The topological polar surface area (TPSA) is 23.6 Å². The van der Waals surface area contributed by atoms with Crippen LogP contribution in [0.2, 0.25) is 0 Å². The van der Waals surface area contributed by atoms with Crippen LogP contribution in [0.15, 0.2) is 0 Å². The summed E-state index contributed by atoms with van der Waals surface area (Å²) < 4.78 is 27.9. The highest BCUT2D eigenvalue weighted by Crippen LogP contribution is 2.44. The minimum atomic E-state index is -2.60. The van der Waals surface area contributed by atoms with E-state index >= 15 is 0 Å². The zero-order chi connectivity index (χ0) is 12.9. The largest absolute Gasteiger partial charge is 0.338 e. The van der Waals surface area contributed by atoms with Gasteiger partial charge < -0.3 is 4.90 Å². The minimum absolute atomic E-state index is 0.0277. The van der Waals surface area contributed by atoms with Crippen LogP contribution in [0.25, 0.3) is 0 Å². The Kier molecular flexibility index (Phi) is 3.28. The van der Waals surface area contributed by atoms with Crippen molar-refractivity contribution in [2.24, 2.45) is 11.8 Å². The van der Waals surface area contributed by atoms with Crippen molar-refractivity contribution < 1.29 is 13.6 Å². The van der Waals surface area contributed by atoms with Gasteiger partial charge in [-0.1, -0.05) is 0 Å². The van der Waals surface area contributed by atoms with Crippen LogP contribution < -0.4 is 0 Å². The van der Waals surface area contributed by atoms with Crippen LogP contribution in [0, 0.1) is 11.8 Å². The zero-order valence-corrected chi connectivity index (χ0v) is 12.3. The summed E-state index contributed by atoms with van der Waals surface area (Å²) in [5.74, 6) is -2.48. The van der Waals surface area contributed by atoms with Crippen molar-refractivity contribution in [3.8, 4) is 0 Å². The molecule has 0 spiro atoms. The fourth-order valence-corrected chi connectivity index (χ4v) is 4.11. The molecule has 1 saturated carbocycles. The first-order valence-corrected chi connectivity index (χ1v) is 7.50. The smallest absolute Gasteiger partial charge is 0.249 e. The number of nitrogens with zero attached hydrogens (tertiary/aromatic N) is 2. The molecule has 2 saturated heterocycles. The number of carbonyl (C=O) groups is 1. The van der Waals surface area contributed by atoms with Gasteiger partial charge in [0.25, 0.3) is 0 Å². The zero-order valence-electron chi connectivity index (χ0n) is 10.1. The van der Waals surface area contributed by atoms with Crippen LogP contribution in [0.4, 0.5) is 8.78 Å². The molecule has 3 rings (SSSR count). The molecule has 6 heteroatoms. The molecule has 3 nitrogen and oxygen atoms in total. The Balaban J connectivity index is 1.65. The molecule has 102 valence electrons. The van der Waals surface area contributed by atoms with Crippen LogP contribution in [0.3, 0.4) is 0 Å². The second-order valence-electron chi connectivity index (χ2n) is 5.86. The number of amides is 1. The second-order valence-corrected chi connectivity index (χ2v) is 7.23. The van der Waals surface area contributed by atoms with E-state index in [2.05, 4.69) is 26.0 Å². The number of halogens is 3. The van der Waals surface area contributed by atoms with Gasteiger partial charge in [0, 0.05) is 67.3 Å². The van der Waals surface area contributed by atoms with Gasteiger partial charge in [-0.25, -0.2) is 11.9 Å². The van der Waals surface area contributed by atoms with Gasteiger partial charge in [-0.3, -0.25) is 4.79 Å². The molecule has 2 atom stereocenters. The summed E-state index contributed by atoms with van der Waals surface area (Å²) in [6, 6.07) is 0.246. The Morgan fingerprint density at radius 3 is 2.67 bits per heavy atom. The molecule has 2 heterocycles. The van der Waals surface area contributed by atoms with E-state index in [9.17, 15) is 13.6 Å². The van der Waals surface area contributed by atoms with Crippen molar-refractivity contribution in [3.63, 3.8) is 0 Å². The Morgan fingerprint density at radius 2 is 2.00 bits per heavy atom. The summed E-state index contributed by atoms with van der Waals surface area (Å²) in [4.78, 5) is 14.1. The summed E-state index contributed by atoms with van der Waals surface area (Å²) in [6.45, 7) is 2.74. The highest BCUT2D eigenvalue weighted by atomic mass is 127. The summed E-state index contributed by atoms with van der Waals surface area (Å²) in [5, 5.41) is 0. The number of alkyl halides is 2. The van der Waals surface area contributed by atoms with Gasteiger partial charge in [-0.15, -0.1) is 0 Å². The molecule has 0 aromatic carbocycles. The van der Waals surface area contributed by atoms with E-state index in [0.717, 1.165) is 32.5 Å². The second kappa shape index (κ2) is 4.54. The van der Waals surface area contributed by atoms with E-state index in [4.69, 9.17) is 0 Å². The first kappa shape index (κ1) is 13.0. The quantitative estimate of drug-likeness (QED) is 0.523. The van der Waals surface area contributed by atoms with Gasteiger partial charge in [-0.05, 0) is 18.8 Å². The van der Waals surface area contributed by atoms with Crippen molar-refractivity contribution in [2.75, 3.05) is 19.6 Å². The molecule has 0 radical (unpaired) electrons. The molecule has 3 fully saturated rings. The Bertz CT molecular complexity index is 358. The normalized spacial score (nSPS) is 36.3. The molecule has 1 amide bonds. The van der Waals surface area contributed by atoms with E-state index in [1.165, 1.54) is 0 Å². The lowest BCUT2D eigenvalue weighted by molar-refractivity contribution is -0.160. The predicted octanol–water partition coefficient (Wildman–Crippen LogP) is 2.30. The van der Waals surface area contributed by atoms with Crippen LogP contribution in [0.5, 0.6) is 0 Å². The van der Waals surface area contributed by atoms with Gasteiger partial charge in [0.2, 0.25) is 11.8 Å². The van der Waals surface area contributed by atoms with Crippen LogP contribution in [-0.4, -0.2) is 45.5 Å². The molecule has 2 aliphatic heterocycles. The number of hydrogen-bond donors (Lipinski definition) is 0. The lowest BCUT2D eigenvalue weighted by Gasteiger charge is -2.38. The average Bonchev–Trinajstić information content (AvgIpc) is 2.54. The van der Waals surface area contributed by atoms with Crippen LogP contribution in [-0.2, 0) is 4.79 Å². The fourth-order valence-electron chi connectivity index (χ4n) is 3.38. The third kappa shape index (κ3) is 2.37. The number of likely N-dealkylation sites (tertiary alicyclic amines) is 1. The lowest BCUT2D eigenvalue weighted by atomic mass is 9.80. The molecule has 1 aliphatic carbocycles. The van der Waals surface area contributed by atoms with Crippen molar-refractivity contribution in [3.05, 3.63) is 0 Å². The Morgan fingerprint density at radius 1 is 1.28 bits per heavy atom. The molecule has 2 unspecified atom stereocenters. The molecule has 0 aromatic heterocycles. The molecule has 18 heavy (non-hydrogen) atoms. The van der Waals surface area contributed by atoms with E-state index in [-0.39, 0.29) is 24.8 Å². The van der Waals surface area contributed by atoms with Crippen molar-refractivity contribution >= 4 is 28.8 Å². The number of fused-ring (bicyclic) bond motifs is 2. The minimum Gasteiger partial charge on any atom is -0.338 e. The van der Waals surface area contributed by atoms with Crippen LogP contribution >= 0.6 is 22.9 Å². The van der Waals surface area contributed by atoms with Gasteiger partial charge in [0.05, 0.1) is 0 Å². The molecular formula is C12H17F2IN2O. The summed E-state index contributed by atoms with van der Waals surface area (Å²) in [6.07, 6.45) is 1.68. The highest BCUT2D eigenvalue weighted by molar-refractivity contribution is 14.1. The summed E-state index contributed by atoms with van der Waals surface area (Å²) >= 11 is 2.30. The van der Waals surface area contributed by atoms with E-state index in [0.29, 0.717) is 5.92 Å². The Hall–Kier alpha value is 0.0200. The van der Waals surface area contributed by atoms with Gasteiger partial charge in [0.15, 0.2) is 0 Å². The number of rotatable bonds is 1. The van der Waals surface area contributed by atoms with Crippen molar-refractivity contribution in [2.45, 2.75) is 37.6 Å². The molecular weight excluding hydrogens is 353 g/mol. The maximum atomic E-state index is 12.9. The Labute approximate surface area is 119 Å². The first-order chi connectivity index (χ1) is 8.44. The fraction of sp³-hybridized carbons (Fsp3) is 0.917. The van der Waals surface area contributed by atoms with Gasteiger partial charge >= 0.3 is 0 Å². The maximum Gasteiger partial charge on any atom is 0.249 e. The SMILES string of the molecule is O=C(C1CC(F)(F)C1)N1CC2CCN(I)CC1C2. The van der Waals surface area contributed by atoms with Gasteiger partial charge in [0.1, 0.15) is 0 Å². The van der Waals surface area contributed by atoms with Crippen molar-refractivity contribution in [1.82, 2.24) is 8.01 Å². The van der Waals surface area contributed by atoms with E-state index in [1.54, 1.807) is 0 Å². The molecule has 3 aliphatic rings. The summed E-state index contributed by atoms with van der Waals surface area (Å²) in [5.41, 5.74) is 0. The maximum absolute atomic E-state index is 12.9. The number of hydrogen-bond acceptors (Lipinski definition) is 2. The van der Waals surface area contributed by atoms with E-state index in [1.807, 2.05) is 4.90 Å². The van der Waals surface area contributed by atoms with Crippen molar-refractivity contribution in [1.29, 1.82) is 0 Å². The number of carbonyl (C=O) groups excluding carboxylic acids is 1. The van der Waals surface area contributed by atoms with E-state index < -0.39 is 11.8 Å². The molecule has 0 N–H and O–H groups in total. The average molecular weight is 370 g/mol. The lowest BCUT2D eigenvalue weighted by Crippen LogP contribution is -2.50. The third-order valence-corrected chi connectivity index (χ3v) is 5.29. The highest BCUT2D eigenvalue weighted by Gasteiger charge is 2.51. The predicted molar refractivity (Wildman–Crippen MR) is 71.5 cm³/mol. The first-order valence-electron chi connectivity index (χ1n) is 6.54. The molecule has 0 aromatic rings. The monoisotopic (exact) mass is 370 g/mol. The van der Waals surface area contributed by atoms with Gasteiger partial charge in [-0.2, -0.15) is 0 Å². The van der Waals surface area contributed by atoms with Crippen LogP contribution in [0.1, 0.15) is 25.7 Å². The molecule has 2 bridgehead atoms. The summed E-state index contributed by atoms with van der Waals surface area (Å²) in [7, 11) is 0.